The fraction of sp³-hybridized carbons (Fsp3) is 0.176. The molecule has 2 aromatic rings. The number of aryl methyl sites for hydroxylation is 1. The number of benzene rings is 2. The summed E-state index contributed by atoms with van der Waals surface area (Å²) >= 11 is 0. The molecule has 1 atom stereocenters. The minimum atomic E-state index is -1.97. The monoisotopic (exact) mass is 299 g/mol. The first-order valence-electron chi connectivity index (χ1n) is 6.85. The summed E-state index contributed by atoms with van der Waals surface area (Å²) in [6, 6.07) is 10.6. The first kappa shape index (κ1) is 14.4. The van der Waals surface area contributed by atoms with E-state index in [9.17, 15) is 19.1 Å². The van der Waals surface area contributed by atoms with E-state index in [1.165, 1.54) is 24.3 Å². The number of hydrogen-bond acceptors (Lipinski definition) is 3. The van der Waals surface area contributed by atoms with E-state index in [1.807, 2.05) is 0 Å². The maximum absolute atomic E-state index is 13.7. The van der Waals surface area contributed by atoms with Gasteiger partial charge in [-0.05, 0) is 24.6 Å². The molecular formula is C17H14FNO3. The summed E-state index contributed by atoms with van der Waals surface area (Å²) in [6.07, 6.45) is -0.504. The lowest BCUT2D eigenvalue weighted by atomic mass is 9.87. The van der Waals surface area contributed by atoms with Crippen molar-refractivity contribution in [3.8, 4) is 0 Å². The second kappa shape index (κ2) is 5.03. The Morgan fingerprint density at radius 2 is 1.95 bits per heavy atom. The normalized spacial score (nSPS) is 19.7. The van der Waals surface area contributed by atoms with Gasteiger partial charge >= 0.3 is 0 Å². The number of amides is 1. The number of halogens is 1. The van der Waals surface area contributed by atoms with Crippen LogP contribution in [0.15, 0.2) is 42.5 Å². The number of ketones is 1. The Morgan fingerprint density at radius 1 is 1.23 bits per heavy atom. The van der Waals surface area contributed by atoms with E-state index in [0.717, 1.165) is 5.56 Å². The van der Waals surface area contributed by atoms with Gasteiger partial charge in [-0.1, -0.05) is 30.3 Å². The zero-order valence-corrected chi connectivity index (χ0v) is 11.9. The molecule has 0 bridgehead atoms. The van der Waals surface area contributed by atoms with Crippen LogP contribution in [0.5, 0.6) is 0 Å². The average Bonchev–Trinajstić information content (AvgIpc) is 2.73. The van der Waals surface area contributed by atoms with Crippen LogP contribution in [0.2, 0.25) is 0 Å². The molecule has 0 aromatic heterocycles. The lowest BCUT2D eigenvalue weighted by Gasteiger charge is -2.20. The SMILES string of the molecule is Cc1cccc2c1NC(=O)[C@]2(O)CC(=O)c1ccccc1F. The number of rotatable bonds is 3. The van der Waals surface area contributed by atoms with Gasteiger partial charge in [-0.25, -0.2) is 4.39 Å². The van der Waals surface area contributed by atoms with Crippen molar-refractivity contribution in [1.29, 1.82) is 0 Å². The molecule has 2 N–H and O–H groups in total. The third kappa shape index (κ3) is 2.10. The Bertz CT molecular complexity index is 787. The highest BCUT2D eigenvalue weighted by atomic mass is 19.1. The first-order chi connectivity index (χ1) is 10.4. The van der Waals surface area contributed by atoms with Crippen LogP contribution in [0, 0.1) is 12.7 Å². The Balaban J connectivity index is 1.99. The standard InChI is InChI=1S/C17H14FNO3/c1-10-5-4-7-12-15(10)19-16(21)17(12,22)9-14(20)11-6-2-3-8-13(11)18/h2-8,22H,9H2,1H3,(H,19,21)/t17-/m0/s1. The van der Waals surface area contributed by atoms with Crippen LogP contribution in [0.4, 0.5) is 10.1 Å². The van der Waals surface area contributed by atoms with Crippen LogP contribution in [0.3, 0.4) is 0 Å². The van der Waals surface area contributed by atoms with E-state index < -0.39 is 29.5 Å². The smallest absolute Gasteiger partial charge is 0.261 e. The van der Waals surface area contributed by atoms with E-state index in [0.29, 0.717) is 11.3 Å². The van der Waals surface area contributed by atoms with Crippen LogP contribution >= 0.6 is 0 Å². The number of hydrogen-bond donors (Lipinski definition) is 2. The van der Waals surface area contributed by atoms with Crippen LogP contribution in [0.25, 0.3) is 0 Å². The van der Waals surface area contributed by atoms with Crippen molar-refractivity contribution in [2.75, 3.05) is 5.32 Å². The molecule has 3 rings (SSSR count). The summed E-state index contributed by atoms with van der Waals surface area (Å²) in [6.45, 7) is 1.80. The van der Waals surface area contributed by atoms with Gasteiger partial charge in [-0.2, -0.15) is 0 Å². The van der Waals surface area contributed by atoms with Gasteiger partial charge < -0.3 is 10.4 Å². The van der Waals surface area contributed by atoms with Gasteiger partial charge in [0.15, 0.2) is 11.4 Å². The van der Waals surface area contributed by atoms with Gasteiger partial charge in [0.1, 0.15) is 5.82 Å². The number of aliphatic hydroxyl groups is 1. The zero-order valence-electron chi connectivity index (χ0n) is 11.9. The molecule has 22 heavy (non-hydrogen) atoms. The Hall–Kier alpha value is -2.53. The maximum atomic E-state index is 13.7. The quantitative estimate of drug-likeness (QED) is 0.856. The van der Waals surface area contributed by atoms with Gasteiger partial charge in [-0.15, -0.1) is 0 Å². The van der Waals surface area contributed by atoms with Gasteiger partial charge in [0.2, 0.25) is 0 Å². The van der Waals surface area contributed by atoms with Crippen molar-refractivity contribution >= 4 is 17.4 Å². The molecule has 1 aliphatic heterocycles. The average molecular weight is 299 g/mol. The van der Waals surface area contributed by atoms with Crippen LogP contribution in [-0.4, -0.2) is 16.8 Å². The van der Waals surface area contributed by atoms with Crippen molar-refractivity contribution < 1.29 is 19.1 Å². The largest absolute Gasteiger partial charge is 0.375 e. The number of nitrogens with one attached hydrogen (secondary N) is 1. The zero-order chi connectivity index (χ0) is 15.9. The Labute approximate surface area is 126 Å². The van der Waals surface area contributed by atoms with Crippen molar-refractivity contribution in [2.45, 2.75) is 18.9 Å². The number of Topliss-reactive ketones (excluding diaryl/α,β-unsaturated/α-hetero) is 1. The lowest BCUT2D eigenvalue weighted by Crippen LogP contribution is -2.36. The van der Waals surface area contributed by atoms with E-state index in [4.69, 9.17) is 0 Å². The van der Waals surface area contributed by atoms with E-state index in [-0.39, 0.29) is 5.56 Å². The summed E-state index contributed by atoms with van der Waals surface area (Å²) in [4.78, 5) is 24.4. The second-order valence-corrected chi connectivity index (χ2v) is 5.39. The predicted molar refractivity (Wildman–Crippen MR) is 79.1 cm³/mol. The third-order valence-electron chi connectivity index (χ3n) is 3.92. The third-order valence-corrected chi connectivity index (χ3v) is 3.92. The minimum absolute atomic E-state index is 0.134. The molecule has 0 spiro atoms. The molecule has 0 aliphatic carbocycles. The maximum Gasteiger partial charge on any atom is 0.261 e. The van der Waals surface area contributed by atoms with Gasteiger partial charge in [-0.3, -0.25) is 9.59 Å². The summed E-state index contributed by atoms with van der Waals surface area (Å²) in [5.41, 5.74) is -0.454. The van der Waals surface area contributed by atoms with Crippen LogP contribution in [0.1, 0.15) is 27.9 Å². The molecule has 0 radical (unpaired) electrons. The summed E-state index contributed by atoms with van der Waals surface area (Å²) in [5, 5.41) is 13.3. The van der Waals surface area contributed by atoms with Crippen molar-refractivity contribution in [2.24, 2.45) is 0 Å². The first-order valence-corrected chi connectivity index (χ1v) is 6.85. The highest BCUT2D eigenvalue weighted by Gasteiger charge is 2.47. The Morgan fingerprint density at radius 3 is 2.68 bits per heavy atom. The summed E-state index contributed by atoms with van der Waals surface area (Å²) in [7, 11) is 0. The van der Waals surface area contributed by atoms with Gasteiger partial charge in [0, 0.05) is 5.56 Å². The van der Waals surface area contributed by atoms with Crippen molar-refractivity contribution in [1.82, 2.24) is 0 Å². The highest BCUT2D eigenvalue weighted by Crippen LogP contribution is 2.40. The molecule has 1 heterocycles. The minimum Gasteiger partial charge on any atom is -0.375 e. The van der Waals surface area contributed by atoms with Crippen LogP contribution in [-0.2, 0) is 10.4 Å². The molecular weight excluding hydrogens is 285 g/mol. The fourth-order valence-corrected chi connectivity index (χ4v) is 2.71. The Kier molecular flexibility index (Phi) is 3.30. The predicted octanol–water partition coefficient (Wildman–Crippen LogP) is 2.55. The van der Waals surface area contributed by atoms with Gasteiger partial charge in [0.25, 0.3) is 5.91 Å². The molecule has 0 saturated carbocycles. The molecule has 0 fully saturated rings. The van der Waals surface area contributed by atoms with E-state index >= 15 is 0 Å². The fourth-order valence-electron chi connectivity index (χ4n) is 2.71. The molecule has 112 valence electrons. The number of fused-ring (bicyclic) bond motifs is 1. The number of anilines is 1. The summed E-state index contributed by atoms with van der Waals surface area (Å²) < 4.78 is 13.7. The molecule has 0 saturated heterocycles. The molecule has 1 amide bonds. The topological polar surface area (TPSA) is 66.4 Å². The molecule has 4 nitrogen and oxygen atoms in total. The van der Waals surface area contributed by atoms with Crippen molar-refractivity contribution in [3.63, 3.8) is 0 Å². The van der Waals surface area contributed by atoms with Crippen LogP contribution < -0.4 is 5.32 Å². The van der Waals surface area contributed by atoms with Crippen molar-refractivity contribution in [3.05, 3.63) is 65.0 Å². The van der Waals surface area contributed by atoms with Gasteiger partial charge in [0.05, 0.1) is 17.7 Å². The summed E-state index contributed by atoms with van der Waals surface area (Å²) in [5.74, 6) is -1.95. The van der Waals surface area contributed by atoms with E-state index in [2.05, 4.69) is 5.32 Å². The number of carbonyl (C=O) groups is 2. The second-order valence-electron chi connectivity index (χ2n) is 5.39. The molecule has 0 unspecified atom stereocenters. The number of para-hydroxylation sites is 1. The van der Waals surface area contributed by atoms with E-state index in [1.54, 1.807) is 25.1 Å². The molecule has 2 aromatic carbocycles. The lowest BCUT2D eigenvalue weighted by molar-refractivity contribution is -0.133. The molecule has 5 heteroatoms. The molecule has 1 aliphatic rings. The highest BCUT2D eigenvalue weighted by molar-refractivity contribution is 6.09. The number of carbonyl (C=O) groups excluding carboxylic acids is 2.